The molecule has 0 spiro atoms. The maximum Gasteiger partial charge on any atom is 0.270 e. The van der Waals surface area contributed by atoms with Gasteiger partial charge in [0.1, 0.15) is 17.8 Å². The molecular formula is C13H20N4O3. The number of rotatable bonds is 7. The van der Waals surface area contributed by atoms with Crippen molar-refractivity contribution in [1.82, 2.24) is 15.3 Å². The molecule has 1 aromatic rings. The summed E-state index contributed by atoms with van der Waals surface area (Å²) in [4.78, 5) is 19.9. The lowest BCUT2D eigenvalue weighted by molar-refractivity contribution is 0.0932. The second-order valence-corrected chi connectivity index (χ2v) is 4.55. The Kier molecular flexibility index (Phi) is 5.69. The summed E-state index contributed by atoms with van der Waals surface area (Å²) in [5, 5.41) is 5.89. The third-order valence-corrected chi connectivity index (χ3v) is 3.03. The molecule has 1 unspecified atom stereocenters. The summed E-state index contributed by atoms with van der Waals surface area (Å²) in [6.45, 7) is 2.45. The minimum absolute atomic E-state index is 0.226. The van der Waals surface area contributed by atoms with Crippen molar-refractivity contribution < 1.29 is 14.3 Å². The summed E-state index contributed by atoms with van der Waals surface area (Å²) in [6, 6.07) is 1.64. The van der Waals surface area contributed by atoms with Crippen molar-refractivity contribution in [2.45, 2.75) is 18.9 Å². The van der Waals surface area contributed by atoms with Crippen molar-refractivity contribution in [2.24, 2.45) is 0 Å². The van der Waals surface area contributed by atoms with Crippen LogP contribution in [0.25, 0.3) is 0 Å². The van der Waals surface area contributed by atoms with E-state index in [9.17, 15) is 4.79 Å². The van der Waals surface area contributed by atoms with E-state index < -0.39 is 0 Å². The van der Waals surface area contributed by atoms with Gasteiger partial charge in [-0.25, -0.2) is 9.97 Å². The number of nitrogens with zero attached hydrogens (tertiary/aromatic N) is 2. The van der Waals surface area contributed by atoms with Gasteiger partial charge in [-0.15, -0.1) is 0 Å². The minimum Gasteiger partial charge on any atom is -0.383 e. The summed E-state index contributed by atoms with van der Waals surface area (Å²) in [5.74, 6) is 0.400. The zero-order valence-electron chi connectivity index (χ0n) is 11.6. The molecular weight excluding hydrogens is 260 g/mol. The van der Waals surface area contributed by atoms with Crippen LogP contribution in [-0.2, 0) is 9.47 Å². The van der Waals surface area contributed by atoms with Crippen molar-refractivity contribution in [1.29, 1.82) is 0 Å². The molecule has 1 aromatic heterocycles. The molecule has 2 heterocycles. The third-order valence-electron chi connectivity index (χ3n) is 3.03. The Labute approximate surface area is 118 Å². The molecule has 20 heavy (non-hydrogen) atoms. The minimum atomic E-state index is -0.232. The smallest absolute Gasteiger partial charge is 0.270 e. The van der Waals surface area contributed by atoms with E-state index in [2.05, 4.69) is 20.6 Å². The van der Waals surface area contributed by atoms with Crippen molar-refractivity contribution >= 4 is 11.7 Å². The second kappa shape index (κ2) is 7.76. The van der Waals surface area contributed by atoms with E-state index in [-0.39, 0.29) is 12.0 Å². The fraction of sp³-hybridized carbons (Fsp3) is 0.615. The van der Waals surface area contributed by atoms with Gasteiger partial charge >= 0.3 is 0 Å². The van der Waals surface area contributed by atoms with Gasteiger partial charge in [0, 0.05) is 32.9 Å². The number of carbonyl (C=O) groups is 1. The molecule has 0 bridgehead atoms. The molecule has 1 saturated heterocycles. The fourth-order valence-corrected chi connectivity index (χ4v) is 1.96. The van der Waals surface area contributed by atoms with Crippen LogP contribution in [0.2, 0.25) is 0 Å². The molecule has 0 radical (unpaired) electrons. The van der Waals surface area contributed by atoms with Crippen LogP contribution in [0.5, 0.6) is 0 Å². The summed E-state index contributed by atoms with van der Waals surface area (Å²) in [5.41, 5.74) is 0.339. The normalized spacial score (nSPS) is 17.9. The zero-order chi connectivity index (χ0) is 14.2. The lowest BCUT2D eigenvalue weighted by atomic mass is 10.2. The number of ether oxygens (including phenoxy) is 2. The van der Waals surface area contributed by atoms with Crippen LogP contribution in [-0.4, -0.2) is 55.4 Å². The number of hydrogen-bond acceptors (Lipinski definition) is 6. The molecule has 0 aliphatic carbocycles. The lowest BCUT2D eigenvalue weighted by Gasteiger charge is -2.11. The Morgan fingerprint density at radius 2 is 2.45 bits per heavy atom. The fourth-order valence-electron chi connectivity index (χ4n) is 1.96. The van der Waals surface area contributed by atoms with E-state index in [1.54, 1.807) is 13.2 Å². The summed E-state index contributed by atoms with van der Waals surface area (Å²) < 4.78 is 10.4. The van der Waals surface area contributed by atoms with Gasteiger partial charge in [0.15, 0.2) is 0 Å². The monoisotopic (exact) mass is 280 g/mol. The zero-order valence-corrected chi connectivity index (χ0v) is 11.6. The molecule has 110 valence electrons. The molecule has 0 aromatic carbocycles. The molecule has 7 nitrogen and oxygen atoms in total. The van der Waals surface area contributed by atoms with Gasteiger partial charge in [0.05, 0.1) is 12.7 Å². The van der Waals surface area contributed by atoms with Crippen molar-refractivity contribution in [3.8, 4) is 0 Å². The number of anilines is 1. The molecule has 1 atom stereocenters. The Balaban J connectivity index is 1.84. The van der Waals surface area contributed by atoms with Crippen LogP contribution >= 0.6 is 0 Å². The van der Waals surface area contributed by atoms with Gasteiger partial charge in [-0.3, -0.25) is 4.79 Å². The SMILES string of the molecule is COCCNC(=O)c1cc(NCC2CCCO2)ncn1. The third kappa shape index (κ3) is 4.43. The lowest BCUT2D eigenvalue weighted by Crippen LogP contribution is -2.28. The molecule has 0 saturated carbocycles. The average Bonchev–Trinajstić information content (AvgIpc) is 2.99. The quantitative estimate of drug-likeness (QED) is 0.705. The van der Waals surface area contributed by atoms with Gasteiger partial charge in [-0.1, -0.05) is 0 Å². The highest BCUT2D eigenvalue weighted by atomic mass is 16.5. The van der Waals surface area contributed by atoms with Gasteiger partial charge < -0.3 is 20.1 Å². The molecule has 1 amide bonds. The Bertz CT molecular complexity index is 435. The number of amides is 1. The second-order valence-electron chi connectivity index (χ2n) is 4.55. The largest absolute Gasteiger partial charge is 0.383 e. The van der Waals surface area contributed by atoms with Gasteiger partial charge in [-0.2, -0.15) is 0 Å². The maximum atomic E-state index is 11.8. The van der Waals surface area contributed by atoms with Crippen molar-refractivity contribution in [3.63, 3.8) is 0 Å². The van der Waals surface area contributed by atoms with Crippen LogP contribution in [0.4, 0.5) is 5.82 Å². The highest BCUT2D eigenvalue weighted by molar-refractivity contribution is 5.92. The Hall–Kier alpha value is -1.73. The maximum absolute atomic E-state index is 11.8. The van der Waals surface area contributed by atoms with E-state index in [4.69, 9.17) is 9.47 Å². The number of carbonyl (C=O) groups excluding carboxylic acids is 1. The van der Waals surface area contributed by atoms with E-state index >= 15 is 0 Å². The molecule has 1 fully saturated rings. The van der Waals surface area contributed by atoms with E-state index in [0.717, 1.165) is 19.4 Å². The molecule has 2 rings (SSSR count). The number of methoxy groups -OCH3 is 1. The predicted octanol–water partition coefficient (Wildman–Crippen LogP) is 0.444. The summed E-state index contributed by atoms with van der Waals surface area (Å²) >= 11 is 0. The van der Waals surface area contributed by atoms with E-state index in [1.807, 2.05) is 0 Å². The number of nitrogens with one attached hydrogen (secondary N) is 2. The van der Waals surface area contributed by atoms with Crippen molar-refractivity contribution in [2.75, 3.05) is 38.7 Å². The number of aromatic nitrogens is 2. The molecule has 1 aliphatic heterocycles. The first-order chi connectivity index (χ1) is 9.79. The van der Waals surface area contributed by atoms with E-state index in [0.29, 0.717) is 31.2 Å². The average molecular weight is 280 g/mol. The summed E-state index contributed by atoms with van der Waals surface area (Å²) in [7, 11) is 1.59. The molecule has 1 aliphatic rings. The highest BCUT2D eigenvalue weighted by Crippen LogP contribution is 2.13. The number of hydrogen-bond donors (Lipinski definition) is 2. The van der Waals surface area contributed by atoms with Crippen LogP contribution < -0.4 is 10.6 Å². The van der Waals surface area contributed by atoms with Gasteiger partial charge in [-0.05, 0) is 12.8 Å². The topological polar surface area (TPSA) is 85.4 Å². The standard InChI is InChI=1S/C13H20N4O3/c1-19-6-4-14-13(18)11-7-12(17-9-16-11)15-8-10-3-2-5-20-10/h7,9-10H,2-6,8H2,1H3,(H,14,18)(H,15,16,17). The molecule has 2 N–H and O–H groups in total. The van der Waals surface area contributed by atoms with Crippen LogP contribution in [0, 0.1) is 0 Å². The first-order valence-corrected chi connectivity index (χ1v) is 6.74. The van der Waals surface area contributed by atoms with E-state index in [1.165, 1.54) is 6.33 Å². The van der Waals surface area contributed by atoms with Crippen molar-refractivity contribution in [3.05, 3.63) is 18.1 Å². The highest BCUT2D eigenvalue weighted by Gasteiger charge is 2.15. The Morgan fingerprint density at radius 1 is 1.55 bits per heavy atom. The van der Waals surface area contributed by atoms with Crippen LogP contribution in [0.1, 0.15) is 23.3 Å². The predicted molar refractivity (Wildman–Crippen MR) is 73.7 cm³/mol. The van der Waals surface area contributed by atoms with Gasteiger partial charge in [0.25, 0.3) is 5.91 Å². The Morgan fingerprint density at radius 3 is 3.20 bits per heavy atom. The van der Waals surface area contributed by atoms with Gasteiger partial charge in [0.2, 0.25) is 0 Å². The first kappa shape index (κ1) is 14.7. The summed E-state index contributed by atoms with van der Waals surface area (Å²) in [6.07, 6.45) is 3.76. The van der Waals surface area contributed by atoms with Crippen LogP contribution in [0.15, 0.2) is 12.4 Å². The van der Waals surface area contributed by atoms with Crippen LogP contribution in [0.3, 0.4) is 0 Å². The molecule has 7 heteroatoms. The first-order valence-electron chi connectivity index (χ1n) is 6.74.